The largest absolute Gasteiger partial charge is 0.507 e. The second-order valence-corrected chi connectivity index (χ2v) is 4.62. The van der Waals surface area contributed by atoms with Gasteiger partial charge in [0.1, 0.15) is 22.8 Å². The maximum Gasteiger partial charge on any atom is 0.281 e. The summed E-state index contributed by atoms with van der Waals surface area (Å²) in [6, 6.07) is 3.83. The highest BCUT2D eigenvalue weighted by atomic mass is 16.6. The first-order valence-corrected chi connectivity index (χ1v) is 5.99. The van der Waals surface area contributed by atoms with Gasteiger partial charge in [-0.05, 0) is 18.2 Å². The number of hydrogen-bond acceptors (Lipinski definition) is 7. The number of aromatic hydroxyl groups is 3. The molecule has 0 spiro atoms. The number of fused-ring (bicyclic) bond motifs is 2. The Bertz CT molecular complexity index is 885. The van der Waals surface area contributed by atoms with Crippen molar-refractivity contribution in [3.63, 3.8) is 0 Å². The van der Waals surface area contributed by atoms with Crippen molar-refractivity contribution < 1.29 is 29.8 Å². The molecule has 0 amide bonds. The molecule has 0 saturated heterocycles. The summed E-state index contributed by atoms with van der Waals surface area (Å²) in [6.45, 7) is 0. The number of phenols is 3. The molecular formula is C14H7NO7. The maximum atomic E-state index is 12.5. The van der Waals surface area contributed by atoms with E-state index in [2.05, 4.69) is 0 Å². The van der Waals surface area contributed by atoms with Crippen LogP contribution in [0.2, 0.25) is 0 Å². The van der Waals surface area contributed by atoms with Crippen LogP contribution in [0.5, 0.6) is 17.2 Å². The molecule has 0 aliphatic heterocycles. The lowest BCUT2D eigenvalue weighted by Gasteiger charge is -2.19. The summed E-state index contributed by atoms with van der Waals surface area (Å²) >= 11 is 0. The van der Waals surface area contributed by atoms with E-state index in [4.69, 9.17) is 0 Å². The van der Waals surface area contributed by atoms with E-state index in [0.29, 0.717) is 0 Å². The molecule has 8 nitrogen and oxygen atoms in total. The molecule has 110 valence electrons. The van der Waals surface area contributed by atoms with Gasteiger partial charge < -0.3 is 15.3 Å². The Labute approximate surface area is 122 Å². The number of phenolic OH excluding ortho intramolecular Hbond substituents is 3. The first kappa shape index (κ1) is 13.6. The van der Waals surface area contributed by atoms with Crippen LogP contribution in [0, 0.1) is 10.1 Å². The van der Waals surface area contributed by atoms with Crippen LogP contribution >= 0.6 is 0 Å². The second kappa shape index (κ2) is 4.29. The van der Waals surface area contributed by atoms with Crippen LogP contribution in [-0.4, -0.2) is 31.8 Å². The molecule has 3 rings (SSSR count). The Morgan fingerprint density at radius 3 is 1.55 bits per heavy atom. The summed E-state index contributed by atoms with van der Waals surface area (Å²) in [6.07, 6.45) is 0. The van der Waals surface area contributed by atoms with Gasteiger partial charge in [0.25, 0.3) is 5.69 Å². The van der Waals surface area contributed by atoms with Gasteiger partial charge in [-0.25, -0.2) is 0 Å². The number of ketones is 2. The van der Waals surface area contributed by atoms with Crippen molar-refractivity contribution in [1.29, 1.82) is 0 Å². The topological polar surface area (TPSA) is 138 Å². The molecule has 3 N–H and O–H groups in total. The minimum Gasteiger partial charge on any atom is -0.507 e. The van der Waals surface area contributed by atoms with Crippen molar-refractivity contribution in [2.45, 2.75) is 0 Å². The summed E-state index contributed by atoms with van der Waals surface area (Å²) in [7, 11) is 0. The number of carbonyl (C=O) groups is 2. The number of nitrogens with zero attached hydrogens (tertiary/aromatic N) is 1. The van der Waals surface area contributed by atoms with E-state index in [1.807, 2.05) is 0 Å². The standard InChI is InChI=1S/C14H7NO7/c16-6-2-1-5(15(21)22)9-10(6)14(20)12-8(18)4-3-7(17)11(12)13(9)19/h1-4,16-18H. The lowest BCUT2D eigenvalue weighted by Crippen LogP contribution is -2.22. The van der Waals surface area contributed by atoms with Crippen molar-refractivity contribution in [2.75, 3.05) is 0 Å². The van der Waals surface area contributed by atoms with Crippen molar-refractivity contribution in [2.24, 2.45) is 0 Å². The monoisotopic (exact) mass is 301 g/mol. The number of hydrogen-bond donors (Lipinski definition) is 3. The Kier molecular flexibility index (Phi) is 2.64. The highest BCUT2D eigenvalue weighted by molar-refractivity contribution is 6.32. The molecule has 0 saturated carbocycles. The molecule has 0 aromatic heterocycles. The Balaban J connectivity index is 2.47. The van der Waals surface area contributed by atoms with Crippen LogP contribution in [-0.2, 0) is 0 Å². The van der Waals surface area contributed by atoms with Crippen LogP contribution in [0.25, 0.3) is 0 Å². The zero-order valence-electron chi connectivity index (χ0n) is 10.7. The predicted molar refractivity (Wildman–Crippen MR) is 71.4 cm³/mol. The SMILES string of the molecule is O=C1c2c(O)ccc(O)c2C(=O)c2c([N+](=O)[O-])ccc(O)c21. The molecule has 0 heterocycles. The third-order valence-corrected chi connectivity index (χ3v) is 3.43. The third-order valence-electron chi connectivity index (χ3n) is 3.43. The van der Waals surface area contributed by atoms with Crippen LogP contribution < -0.4 is 0 Å². The molecule has 22 heavy (non-hydrogen) atoms. The van der Waals surface area contributed by atoms with E-state index in [-0.39, 0.29) is 0 Å². The molecule has 0 fully saturated rings. The fourth-order valence-corrected chi connectivity index (χ4v) is 2.48. The van der Waals surface area contributed by atoms with Crippen LogP contribution in [0.1, 0.15) is 31.8 Å². The van der Waals surface area contributed by atoms with Crippen molar-refractivity contribution >= 4 is 17.3 Å². The Hall–Kier alpha value is -3.42. The fraction of sp³-hybridized carbons (Fsp3) is 0. The smallest absolute Gasteiger partial charge is 0.281 e. The van der Waals surface area contributed by atoms with Crippen LogP contribution in [0.3, 0.4) is 0 Å². The van der Waals surface area contributed by atoms with Crippen molar-refractivity contribution in [3.8, 4) is 17.2 Å². The average Bonchev–Trinajstić information content (AvgIpc) is 2.46. The number of rotatable bonds is 1. The van der Waals surface area contributed by atoms with E-state index in [0.717, 1.165) is 24.3 Å². The highest BCUT2D eigenvalue weighted by Gasteiger charge is 2.40. The van der Waals surface area contributed by atoms with Gasteiger partial charge in [0.15, 0.2) is 0 Å². The fourth-order valence-electron chi connectivity index (χ4n) is 2.48. The molecule has 0 bridgehead atoms. The quantitative estimate of drug-likeness (QED) is 0.351. The first-order valence-electron chi connectivity index (χ1n) is 5.99. The molecule has 8 heteroatoms. The molecule has 1 aliphatic rings. The molecule has 0 radical (unpaired) electrons. The second-order valence-electron chi connectivity index (χ2n) is 4.62. The number of nitro groups is 1. The third kappa shape index (κ3) is 1.57. The van der Waals surface area contributed by atoms with Gasteiger partial charge in [-0.1, -0.05) is 0 Å². The maximum absolute atomic E-state index is 12.5. The van der Waals surface area contributed by atoms with E-state index in [1.165, 1.54) is 0 Å². The number of carbonyl (C=O) groups excluding carboxylic acids is 2. The lowest BCUT2D eigenvalue weighted by atomic mass is 9.82. The van der Waals surface area contributed by atoms with E-state index in [9.17, 15) is 35.0 Å². The average molecular weight is 301 g/mol. The number of nitro benzene ring substituents is 1. The van der Waals surface area contributed by atoms with Gasteiger partial charge in [0.05, 0.1) is 21.6 Å². The summed E-state index contributed by atoms with van der Waals surface area (Å²) < 4.78 is 0. The van der Waals surface area contributed by atoms with Gasteiger partial charge in [0, 0.05) is 6.07 Å². The zero-order chi connectivity index (χ0) is 16.2. The molecule has 1 aliphatic carbocycles. The van der Waals surface area contributed by atoms with E-state index in [1.54, 1.807) is 0 Å². The first-order chi connectivity index (χ1) is 10.3. The number of benzene rings is 2. The molecule has 2 aromatic carbocycles. The normalized spacial score (nSPS) is 12.7. The minimum atomic E-state index is -1.01. The highest BCUT2D eigenvalue weighted by Crippen LogP contribution is 2.42. The molecule has 0 unspecified atom stereocenters. The van der Waals surface area contributed by atoms with Gasteiger partial charge in [-0.15, -0.1) is 0 Å². The summed E-state index contributed by atoms with van der Waals surface area (Å²) in [5.74, 6) is -3.76. The van der Waals surface area contributed by atoms with Gasteiger partial charge in [-0.2, -0.15) is 0 Å². The minimum absolute atomic E-state index is 0.492. The van der Waals surface area contributed by atoms with Crippen molar-refractivity contribution in [1.82, 2.24) is 0 Å². The predicted octanol–water partition coefficient (Wildman–Crippen LogP) is 1.49. The van der Waals surface area contributed by atoms with E-state index >= 15 is 0 Å². The summed E-state index contributed by atoms with van der Waals surface area (Å²) in [4.78, 5) is 35.1. The van der Waals surface area contributed by atoms with Crippen molar-refractivity contribution in [3.05, 3.63) is 56.6 Å². The Morgan fingerprint density at radius 2 is 1.09 bits per heavy atom. The van der Waals surface area contributed by atoms with E-state index < -0.39 is 61.7 Å². The van der Waals surface area contributed by atoms with Gasteiger partial charge in [-0.3, -0.25) is 19.7 Å². The zero-order valence-corrected chi connectivity index (χ0v) is 10.7. The molecule has 0 atom stereocenters. The molecule has 2 aromatic rings. The van der Waals surface area contributed by atoms with Gasteiger partial charge >= 0.3 is 0 Å². The van der Waals surface area contributed by atoms with Gasteiger partial charge in [0.2, 0.25) is 11.6 Å². The Morgan fingerprint density at radius 1 is 0.727 bits per heavy atom. The lowest BCUT2D eigenvalue weighted by molar-refractivity contribution is -0.385. The molecular weight excluding hydrogens is 294 g/mol. The van der Waals surface area contributed by atoms with Crippen LogP contribution in [0.4, 0.5) is 5.69 Å². The summed E-state index contributed by atoms with van der Waals surface area (Å²) in [5, 5.41) is 40.4. The van der Waals surface area contributed by atoms with Crippen LogP contribution in [0.15, 0.2) is 24.3 Å². The summed E-state index contributed by atoms with van der Waals surface area (Å²) in [5.41, 5.74) is -2.85.